The van der Waals surface area contributed by atoms with E-state index in [0.29, 0.717) is 18.6 Å². The number of carbonyl (C=O) groups excluding carboxylic acids is 1. The second kappa shape index (κ2) is 4.00. The lowest BCUT2D eigenvalue weighted by atomic mass is 10.1. The van der Waals surface area contributed by atoms with Crippen molar-refractivity contribution >= 4 is 5.97 Å². The number of rotatable bonds is 3. The van der Waals surface area contributed by atoms with Crippen LogP contribution in [0.1, 0.15) is 27.2 Å². The Balaban J connectivity index is 2.39. The van der Waals surface area contributed by atoms with Gasteiger partial charge >= 0.3 is 5.97 Å². The van der Waals surface area contributed by atoms with E-state index in [1.807, 2.05) is 20.8 Å². The van der Waals surface area contributed by atoms with Crippen LogP contribution in [0.15, 0.2) is 11.3 Å². The highest BCUT2D eigenvalue weighted by Gasteiger charge is 2.24. The van der Waals surface area contributed by atoms with Crippen molar-refractivity contribution in [1.29, 1.82) is 0 Å². The summed E-state index contributed by atoms with van der Waals surface area (Å²) in [6.07, 6.45) is 0.405. The van der Waals surface area contributed by atoms with Gasteiger partial charge in [0, 0.05) is 6.42 Å². The molecule has 0 saturated carbocycles. The Bertz CT molecular complexity index is 260. The second-order valence-electron chi connectivity index (χ2n) is 4.21. The van der Waals surface area contributed by atoms with Crippen LogP contribution in [-0.2, 0) is 14.3 Å². The third-order valence-corrected chi connectivity index (χ3v) is 1.82. The maximum atomic E-state index is 11.0. The van der Waals surface area contributed by atoms with E-state index < -0.39 is 5.97 Å². The average Bonchev–Trinajstić information content (AvgIpc) is 2.33. The molecule has 1 N–H and O–H groups in total. The summed E-state index contributed by atoms with van der Waals surface area (Å²) in [4.78, 5) is 11.0. The predicted octanol–water partition coefficient (Wildman–Crippen LogP) is 1.56. The van der Waals surface area contributed by atoms with Crippen LogP contribution in [0.25, 0.3) is 0 Å². The summed E-state index contributed by atoms with van der Waals surface area (Å²) in [5, 5.41) is 9.27. The molecule has 80 valence electrons. The molecule has 0 atom stereocenters. The van der Waals surface area contributed by atoms with Crippen molar-refractivity contribution in [3.8, 4) is 0 Å². The third kappa shape index (κ3) is 3.03. The molecule has 0 amide bonds. The number of esters is 1. The Morgan fingerprint density at radius 3 is 2.57 bits per heavy atom. The summed E-state index contributed by atoms with van der Waals surface area (Å²) in [5.74, 6) is -0.396. The number of carbonyl (C=O) groups is 1. The van der Waals surface area contributed by atoms with Gasteiger partial charge in [0.1, 0.15) is 12.4 Å². The molecule has 0 unspecified atom stereocenters. The Labute approximate surface area is 83.5 Å². The normalized spacial score (nSPS) is 17.5. The largest absolute Gasteiger partial charge is 0.508 e. The monoisotopic (exact) mass is 200 g/mol. The van der Waals surface area contributed by atoms with Crippen molar-refractivity contribution < 1.29 is 19.4 Å². The molecule has 0 saturated heterocycles. The molecule has 0 aromatic heterocycles. The van der Waals surface area contributed by atoms with Crippen molar-refractivity contribution in [1.82, 2.24) is 0 Å². The van der Waals surface area contributed by atoms with Gasteiger partial charge in [0.05, 0.1) is 17.8 Å². The lowest BCUT2D eigenvalue weighted by Crippen LogP contribution is -2.20. The minimum absolute atomic E-state index is 0.00366. The van der Waals surface area contributed by atoms with Crippen LogP contribution in [0.2, 0.25) is 0 Å². The smallest absolute Gasteiger partial charge is 0.338 e. The van der Waals surface area contributed by atoms with Gasteiger partial charge in [-0.1, -0.05) is 0 Å². The molecule has 1 heterocycles. The Morgan fingerprint density at radius 2 is 2.14 bits per heavy atom. The van der Waals surface area contributed by atoms with Gasteiger partial charge in [-0.2, -0.15) is 0 Å². The lowest BCUT2D eigenvalue weighted by molar-refractivity contribution is -0.136. The van der Waals surface area contributed by atoms with E-state index in [2.05, 4.69) is 4.74 Å². The van der Waals surface area contributed by atoms with Gasteiger partial charge in [-0.05, 0) is 20.8 Å². The van der Waals surface area contributed by atoms with Crippen LogP contribution in [0, 0.1) is 0 Å². The van der Waals surface area contributed by atoms with E-state index in [9.17, 15) is 9.90 Å². The summed E-state index contributed by atoms with van der Waals surface area (Å²) in [6, 6.07) is 0. The minimum Gasteiger partial charge on any atom is -0.508 e. The van der Waals surface area contributed by atoms with Crippen molar-refractivity contribution in [2.75, 3.05) is 13.2 Å². The molecule has 1 aliphatic rings. The molecule has 4 heteroatoms. The van der Waals surface area contributed by atoms with Gasteiger partial charge in [-0.15, -0.1) is 0 Å². The first-order valence-electron chi connectivity index (χ1n) is 4.62. The zero-order valence-corrected chi connectivity index (χ0v) is 8.79. The fraction of sp³-hybridized carbons (Fsp3) is 0.700. The summed E-state index contributed by atoms with van der Waals surface area (Å²) >= 11 is 0. The summed E-state index contributed by atoms with van der Waals surface area (Å²) in [5.41, 5.74) is 0.118. The molecule has 0 fully saturated rings. The highest BCUT2D eigenvalue weighted by molar-refractivity contribution is 5.91. The molecule has 0 aromatic carbocycles. The van der Waals surface area contributed by atoms with E-state index in [1.165, 1.54) is 0 Å². The van der Waals surface area contributed by atoms with Crippen LogP contribution >= 0.6 is 0 Å². The van der Waals surface area contributed by atoms with E-state index in [4.69, 9.17) is 4.74 Å². The maximum Gasteiger partial charge on any atom is 0.338 e. The van der Waals surface area contributed by atoms with Crippen LogP contribution in [-0.4, -0.2) is 29.9 Å². The molecule has 0 bridgehead atoms. The summed E-state index contributed by atoms with van der Waals surface area (Å²) in [7, 11) is 0. The van der Waals surface area contributed by atoms with E-state index in [1.54, 1.807) is 0 Å². The van der Waals surface area contributed by atoms with Gasteiger partial charge in [-0.25, -0.2) is 4.79 Å². The van der Waals surface area contributed by atoms with Crippen LogP contribution in [0.5, 0.6) is 0 Å². The number of cyclic esters (lactones) is 1. The number of ether oxygens (including phenoxy) is 2. The SMILES string of the molecule is CC(C)(C)OCCC1=C(O)COC1=O. The van der Waals surface area contributed by atoms with Crippen LogP contribution < -0.4 is 0 Å². The van der Waals surface area contributed by atoms with E-state index in [-0.39, 0.29) is 18.0 Å². The molecular weight excluding hydrogens is 184 g/mol. The average molecular weight is 200 g/mol. The van der Waals surface area contributed by atoms with Gasteiger partial charge in [0.2, 0.25) is 0 Å². The van der Waals surface area contributed by atoms with Gasteiger partial charge in [-0.3, -0.25) is 0 Å². The first-order valence-corrected chi connectivity index (χ1v) is 4.62. The number of aliphatic hydroxyl groups excluding tert-OH is 1. The zero-order valence-electron chi connectivity index (χ0n) is 8.79. The van der Waals surface area contributed by atoms with Crippen LogP contribution in [0.3, 0.4) is 0 Å². The number of hydrogen-bond acceptors (Lipinski definition) is 4. The van der Waals surface area contributed by atoms with Gasteiger partial charge < -0.3 is 14.6 Å². The second-order valence-corrected chi connectivity index (χ2v) is 4.21. The summed E-state index contributed by atoms with van der Waals surface area (Å²) < 4.78 is 10.1. The molecule has 0 aliphatic carbocycles. The Hall–Kier alpha value is -1.03. The Morgan fingerprint density at radius 1 is 1.50 bits per heavy atom. The molecule has 1 aliphatic heterocycles. The van der Waals surface area contributed by atoms with Crippen molar-refractivity contribution in [2.45, 2.75) is 32.8 Å². The van der Waals surface area contributed by atoms with Gasteiger partial charge in [0.15, 0.2) is 0 Å². The number of hydrogen-bond donors (Lipinski definition) is 1. The topological polar surface area (TPSA) is 55.8 Å². The van der Waals surface area contributed by atoms with Crippen molar-refractivity contribution in [3.63, 3.8) is 0 Å². The molecule has 0 spiro atoms. The predicted molar refractivity (Wildman–Crippen MR) is 50.9 cm³/mol. The molecule has 0 aromatic rings. The lowest BCUT2D eigenvalue weighted by Gasteiger charge is -2.19. The minimum atomic E-state index is -0.431. The maximum absolute atomic E-state index is 11.0. The van der Waals surface area contributed by atoms with Crippen molar-refractivity contribution in [3.05, 3.63) is 11.3 Å². The third-order valence-electron chi connectivity index (χ3n) is 1.82. The zero-order chi connectivity index (χ0) is 10.8. The fourth-order valence-corrected chi connectivity index (χ4v) is 1.13. The van der Waals surface area contributed by atoms with E-state index >= 15 is 0 Å². The fourth-order valence-electron chi connectivity index (χ4n) is 1.13. The molecular formula is C10H16O4. The van der Waals surface area contributed by atoms with E-state index in [0.717, 1.165) is 0 Å². The standard InChI is InChI=1S/C10H16O4/c1-10(2,3)14-5-4-7-8(11)6-13-9(7)12/h11H,4-6H2,1-3H3. The summed E-state index contributed by atoms with van der Waals surface area (Å²) in [6.45, 7) is 6.23. The molecule has 1 rings (SSSR count). The highest BCUT2D eigenvalue weighted by Crippen LogP contribution is 2.18. The first kappa shape index (κ1) is 11.0. The quantitative estimate of drug-likeness (QED) is 0.702. The molecule has 14 heavy (non-hydrogen) atoms. The number of aliphatic hydroxyl groups is 1. The van der Waals surface area contributed by atoms with Crippen LogP contribution in [0.4, 0.5) is 0 Å². The highest BCUT2D eigenvalue weighted by atomic mass is 16.5. The molecule has 0 radical (unpaired) electrons. The van der Waals surface area contributed by atoms with Gasteiger partial charge in [0.25, 0.3) is 0 Å². The first-order chi connectivity index (χ1) is 6.40. The molecule has 4 nitrogen and oxygen atoms in total. The van der Waals surface area contributed by atoms with Crippen molar-refractivity contribution in [2.24, 2.45) is 0 Å². The Kier molecular flexibility index (Phi) is 3.16.